The van der Waals surface area contributed by atoms with Gasteiger partial charge in [-0.3, -0.25) is 0 Å². The van der Waals surface area contributed by atoms with Crippen molar-refractivity contribution in [3.63, 3.8) is 0 Å². The summed E-state index contributed by atoms with van der Waals surface area (Å²) in [6.45, 7) is 8.97. The molecule has 0 radical (unpaired) electrons. The third kappa shape index (κ3) is 1.90. The zero-order valence-corrected chi connectivity index (χ0v) is 9.96. The molecule has 0 N–H and O–H groups in total. The van der Waals surface area contributed by atoms with Crippen LogP contribution >= 0.6 is 0 Å². The molecule has 0 heterocycles. The van der Waals surface area contributed by atoms with Gasteiger partial charge in [0.05, 0.1) is 0 Å². The van der Waals surface area contributed by atoms with Crippen LogP contribution in [0.3, 0.4) is 0 Å². The lowest BCUT2D eigenvalue weighted by Crippen LogP contribution is -2.11. The first-order chi connectivity index (χ1) is 6.98. The number of benzene rings is 2. The zero-order chi connectivity index (χ0) is 11.1. The van der Waals surface area contributed by atoms with Gasteiger partial charge in [0.25, 0.3) is 0 Å². The number of hydrogen-bond donors (Lipinski definition) is 0. The molecule has 0 saturated carbocycles. The number of rotatable bonds is 0. The van der Waals surface area contributed by atoms with Crippen LogP contribution in [-0.4, -0.2) is 0 Å². The molecule has 78 valence electrons. The summed E-state index contributed by atoms with van der Waals surface area (Å²) in [7, 11) is 0. The van der Waals surface area contributed by atoms with E-state index in [9.17, 15) is 0 Å². The Bertz CT molecular complexity index is 487. The maximum Gasteiger partial charge on any atom is -0.0132 e. The minimum absolute atomic E-state index is 0.231. The largest absolute Gasteiger partial charge is 0.0616 e. The molecule has 2 aromatic rings. The third-order valence-electron chi connectivity index (χ3n) is 2.93. The van der Waals surface area contributed by atoms with Gasteiger partial charge in [0.1, 0.15) is 0 Å². The van der Waals surface area contributed by atoms with Gasteiger partial charge in [0.15, 0.2) is 0 Å². The van der Waals surface area contributed by atoms with E-state index in [1.165, 1.54) is 21.9 Å². The molecular formula is C15H18. The lowest BCUT2D eigenvalue weighted by atomic mass is 9.84. The highest BCUT2D eigenvalue weighted by Crippen LogP contribution is 2.28. The molecule has 0 aliphatic carbocycles. The molecule has 0 fully saturated rings. The summed E-state index contributed by atoms with van der Waals surface area (Å²) in [4.78, 5) is 0. The van der Waals surface area contributed by atoms with Crippen LogP contribution in [0.5, 0.6) is 0 Å². The van der Waals surface area contributed by atoms with Crippen LogP contribution in [0.4, 0.5) is 0 Å². The van der Waals surface area contributed by atoms with Gasteiger partial charge in [-0.15, -0.1) is 0 Å². The minimum Gasteiger partial charge on any atom is -0.0616 e. The Kier molecular flexibility index (Phi) is 2.30. The highest BCUT2D eigenvalue weighted by atomic mass is 14.2. The lowest BCUT2D eigenvalue weighted by molar-refractivity contribution is 0.590. The fourth-order valence-electron chi connectivity index (χ4n) is 1.94. The maximum absolute atomic E-state index is 2.31. The molecule has 0 aliphatic heterocycles. The second-order valence-electron chi connectivity index (χ2n) is 5.26. The highest BCUT2D eigenvalue weighted by Gasteiger charge is 2.14. The first-order valence-corrected chi connectivity index (χ1v) is 5.48. The van der Waals surface area contributed by atoms with Crippen molar-refractivity contribution < 1.29 is 0 Å². The first kappa shape index (κ1) is 10.2. The van der Waals surface area contributed by atoms with Gasteiger partial charge in [-0.25, -0.2) is 0 Å². The van der Waals surface area contributed by atoms with Crippen LogP contribution in [0.1, 0.15) is 31.9 Å². The summed E-state index contributed by atoms with van der Waals surface area (Å²) in [5.41, 5.74) is 3.02. The Labute approximate surface area is 91.9 Å². The molecule has 0 atom stereocenters. The average molecular weight is 198 g/mol. The molecule has 0 bridgehead atoms. The van der Waals surface area contributed by atoms with Gasteiger partial charge in [0.2, 0.25) is 0 Å². The van der Waals surface area contributed by atoms with E-state index in [2.05, 4.69) is 64.1 Å². The van der Waals surface area contributed by atoms with Crippen molar-refractivity contribution in [3.05, 3.63) is 47.5 Å². The van der Waals surface area contributed by atoms with Crippen molar-refractivity contribution in [1.82, 2.24) is 0 Å². The molecule has 15 heavy (non-hydrogen) atoms. The highest BCUT2D eigenvalue weighted by molar-refractivity contribution is 5.86. The Balaban J connectivity index is 2.73. The fourth-order valence-corrected chi connectivity index (χ4v) is 1.94. The molecule has 0 aliphatic rings. The maximum atomic E-state index is 2.31. The SMILES string of the molecule is Cc1cc(C(C)(C)C)cc2ccccc12. The molecule has 0 spiro atoms. The normalized spacial score (nSPS) is 12.0. The van der Waals surface area contributed by atoms with Gasteiger partial charge in [-0.1, -0.05) is 57.2 Å². The summed E-state index contributed by atoms with van der Waals surface area (Å²) >= 11 is 0. The van der Waals surface area contributed by atoms with Crippen molar-refractivity contribution >= 4 is 10.8 Å². The summed E-state index contributed by atoms with van der Waals surface area (Å²) in [5, 5.41) is 2.72. The van der Waals surface area contributed by atoms with E-state index in [0.717, 1.165) is 0 Å². The van der Waals surface area contributed by atoms with Crippen molar-refractivity contribution in [1.29, 1.82) is 0 Å². The van der Waals surface area contributed by atoms with Gasteiger partial charge in [-0.2, -0.15) is 0 Å². The smallest absolute Gasteiger partial charge is 0.0132 e. The van der Waals surface area contributed by atoms with Crippen molar-refractivity contribution in [2.24, 2.45) is 0 Å². The molecule has 0 unspecified atom stereocenters. The van der Waals surface area contributed by atoms with E-state index >= 15 is 0 Å². The van der Waals surface area contributed by atoms with Crippen molar-refractivity contribution in [2.45, 2.75) is 33.1 Å². The van der Waals surface area contributed by atoms with Crippen LogP contribution in [0.2, 0.25) is 0 Å². The summed E-state index contributed by atoms with van der Waals surface area (Å²) in [6.07, 6.45) is 0. The van der Waals surface area contributed by atoms with E-state index in [1.807, 2.05) is 0 Å². The Morgan fingerprint density at radius 3 is 2.27 bits per heavy atom. The molecular weight excluding hydrogens is 180 g/mol. The Morgan fingerprint density at radius 1 is 0.933 bits per heavy atom. The molecule has 2 aromatic carbocycles. The number of aryl methyl sites for hydroxylation is 1. The molecule has 0 heteroatoms. The van der Waals surface area contributed by atoms with Gasteiger partial charge in [-0.05, 0) is 34.2 Å². The first-order valence-electron chi connectivity index (χ1n) is 5.48. The van der Waals surface area contributed by atoms with E-state index in [-0.39, 0.29) is 5.41 Å². The monoisotopic (exact) mass is 198 g/mol. The van der Waals surface area contributed by atoms with Gasteiger partial charge >= 0.3 is 0 Å². The summed E-state index contributed by atoms with van der Waals surface area (Å²) in [6, 6.07) is 13.2. The molecule has 0 amide bonds. The second-order valence-corrected chi connectivity index (χ2v) is 5.26. The quantitative estimate of drug-likeness (QED) is 0.587. The molecule has 0 nitrogen and oxygen atoms in total. The zero-order valence-electron chi connectivity index (χ0n) is 9.96. The van der Waals surface area contributed by atoms with Crippen LogP contribution < -0.4 is 0 Å². The summed E-state index contributed by atoms with van der Waals surface area (Å²) < 4.78 is 0. The number of hydrogen-bond acceptors (Lipinski definition) is 0. The standard InChI is InChI=1S/C15H18/c1-11-9-13(15(2,3)4)10-12-7-5-6-8-14(11)12/h5-10H,1-4H3. The van der Waals surface area contributed by atoms with Crippen LogP contribution in [-0.2, 0) is 5.41 Å². The number of fused-ring (bicyclic) bond motifs is 1. The Morgan fingerprint density at radius 2 is 1.60 bits per heavy atom. The third-order valence-corrected chi connectivity index (χ3v) is 2.93. The lowest BCUT2D eigenvalue weighted by Gasteiger charge is -2.20. The van der Waals surface area contributed by atoms with Gasteiger partial charge in [0, 0.05) is 0 Å². The molecule has 0 aromatic heterocycles. The second kappa shape index (κ2) is 3.37. The van der Waals surface area contributed by atoms with Gasteiger partial charge < -0.3 is 0 Å². The van der Waals surface area contributed by atoms with Crippen molar-refractivity contribution in [3.8, 4) is 0 Å². The predicted octanol–water partition coefficient (Wildman–Crippen LogP) is 4.45. The van der Waals surface area contributed by atoms with Crippen LogP contribution in [0.15, 0.2) is 36.4 Å². The predicted molar refractivity (Wildman–Crippen MR) is 67.4 cm³/mol. The van der Waals surface area contributed by atoms with Crippen LogP contribution in [0, 0.1) is 6.92 Å². The summed E-state index contributed by atoms with van der Waals surface area (Å²) in [5.74, 6) is 0. The molecule has 0 saturated heterocycles. The average Bonchev–Trinajstić information content (AvgIpc) is 2.16. The van der Waals surface area contributed by atoms with Crippen molar-refractivity contribution in [2.75, 3.05) is 0 Å². The fraction of sp³-hybridized carbons (Fsp3) is 0.333. The topological polar surface area (TPSA) is 0 Å². The van der Waals surface area contributed by atoms with E-state index in [0.29, 0.717) is 0 Å². The van der Waals surface area contributed by atoms with E-state index < -0.39 is 0 Å². The van der Waals surface area contributed by atoms with E-state index in [4.69, 9.17) is 0 Å². The van der Waals surface area contributed by atoms with Crippen LogP contribution in [0.25, 0.3) is 10.8 Å². The minimum atomic E-state index is 0.231. The van der Waals surface area contributed by atoms with E-state index in [1.54, 1.807) is 0 Å². The Hall–Kier alpha value is -1.30. The molecule has 2 rings (SSSR count).